The lowest BCUT2D eigenvalue weighted by Gasteiger charge is -2.12. The first-order valence-corrected chi connectivity index (χ1v) is 6.82. The van der Waals surface area contributed by atoms with E-state index >= 15 is 0 Å². The molecular weight excluding hydrogens is 278 g/mol. The molecule has 1 amide bonds. The van der Waals surface area contributed by atoms with E-state index in [0.717, 1.165) is 18.0 Å². The molecule has 8 heteroatoms. The van der Waals surface area contributed by atoms with Crippen molar-refractivity contribution in [2.24, 2.45) is 0 Å². The summed E-state index contributed by atoms with van der Waals surface area (Å²) in [6.45, 7) is 1.84. The number of carbonyl (C=O) groups excluding carboxylic acids is 1. The molecule has 1 heterocycles. The van der Waals surface area contributed by atoms with Crippen molar-refractivity contribution < 1.29 is 9.72 Å². The molecule has 0 saturated heterocycles. The van der Waals surface area contributed by atoms with Gasteiger partial charge in [-0.25, -0.2) is 4.98 Å². The van der Waals surface area contributed by atoms with Gasteiger partial charge < -0.3 is 5.32 Å². The molecule has 18 heavy (non-hydrogen) atoms. The third kappa shape index (κ3) is 3.85. The Morgan fingerprint density at radius 1 is 1.72 bits per heavy atom. The molecule has 1 N–H and O–H groups in total. The van der Waals surface area contributed by atoms with Crippen LogP contribution in [0.1, 0.15) is 17.3 Å². The highest BCUT2D eigenvalue weighted by molar-refractivity contribution is 7.98. The Kier molecular flexibility index (Phi) is 5.36. The number of aromatic nitrogens is 1. The van der Waals surface area contributed by atoms with Crippen molar-refractivity contribution in [1.82, 2.24) is 10.3 Å². The molecule has 98 valence electrons. The molecule has 1 atom stereocenters. The minimum atomic E-state index is -0.620. The first kappa shape index (κ1) is 14.7. The summed E-state index contributed by atoms with van der Waals surface area (Å²) in [6.07, 6.45) is 2.94. The number of hydrogen-bond donors (Lipinski definition) is 1. The first-order valence-electron chi connectivity index (χ1n) is 5.05. The van der Waals surface area contributed by atoms with Crippen molar-refractivity contribution in [3.8, 4) is 0 Å². The molecule has 0 spiro atoms. The van der Waals surface area contributed by atoms with Crippen LogP contribution in [0.2, 0.25) is 5.15 Å². The number of nitro groups is 1. The number of halogens is 1. The van der Waals surface area contributed by atoms with Crippen LogP contribution in [0.3, 0.4) is 0 Å². The fourth-order valence-electron chi connectivity index (χ4n) is 1.29. The fourth-order valence-corrected chi connectivity index (χ4v) is 2.06. The van der Waals surface area contributed by atoms with Gasteiger partial charge in [0.15, 0.2) is 0 Å². The zero-order valence-corrected chi connectivity index (χ0v) is 11.4. The lowest BCUT2D eigenvalue weighted by molar-refractivity contribution is -0.385. The number of amides is 1. The highest BCUT2D eigenvalue weighted by Crippen LogP contribution is 2.19. The van der Waals surface area contributed by atoms with Crippen molar-refractivity contribution >= 4 is 35.0 Å². The van der Waals surface area contributed by atoms with E-state index < -0.39 is 10.8 Å². The van der Waals surface area contributed by atoms with E-state index in [1.54, 1.807) is 11.8 Å². The summed E-state index contributed by atoms with van der Waals surface area (Å²) >= 11 is 7.34. The molecule has 1 rings (SSSR count). The molecule has 0 radical (unpaired) electrons. The summed E-state index contributed by atoms with van der Waals surface area (Å²) in [5.74, 6) is 0.281. The van der Waals surface area contributed by atoms with Gasteiger partial charge in [0, 0.05) is 17.9 Å². The topological polar surface area (TPSA) is 85.1 Å². The standard InChI is InChI=1S/C10H12ClN3O3S/c1-6(5-18-2)13-10(15)8-3-7(14(16)17)4-12-9(8)11/h3-4,6H,5H2,1-2H3,(H,13,15). The third-order valence-corrected chi connectivity index (χ3v) is 3.21. The van der Waals surface area contributed by atoms with Gasteiger partial charge in [0.25, 0.3) is 11.6 Å². The molecule has 0 fully saturated rings. The van der Waals surface area contributed by atoms with Crippen LogP contribution in [-0.4, -0.2) is 33.9 Å². The van der Waals surface area contributed by atoms with Crippen LogP contribution in [-0.2, 0) is 0 Å². The zero-order valence-electron chi connectivity index (χ0n) is 9.84. The minimum absolute atomic E-state index is 0.0128. The van der Waals surface area contributed by atoms with E-state index in [1.165, 1.54) is 0 Å². The second-order valence-corrected chi connectivity index (χ2v) is 4.89. The lowest BCUT2D eigenvalue weighted by atomic mass is 10.2. The van der Waals surface area contributed by atoms with E-state index in [4.69, 9.17) is 11.6 Å². The van der Waals surface area contributed by atoms with Crippen molar-refractivity contribution in [2.45, 2.75) is 13.0 Å². The van der Waals surface area contributed by atoms with Gasteiger partial charge in [0.2, 0.25) is 0 Å². The average molecular weight is 290 g/mol. The Balaban J connectivity index is 2.91. The minimum Gasteiger partial charge on any atom is -0.349 e. The monoisotopic (exact) mass is 289 g/mol. The highest BCUT2D eigenvalue weighted by atomic mass is 35.5. The van der Waals surface area contributed by atoms with Gasteiger partial charge >= 0.3 is 0 Å². The predicted octanol–water partition coefficient (Wildman–Crippen LogP) is 2.12. The van der Waals surface area contributed by atoms with E-state index in [9.17, 15) is 14.9 Å². The third-order valence-electron chi connectivity index (χ3n) is 2.07. The van der Waals surface area contributed by atoms with Gasteiger partial charge in [-0.05, 0) is 13.2 Å². The summed E-state index contributed by atoms with van der Waals surface area (Å²) in [6, 6.07) is 1.07. The molecule has 6 nitrogen and oxygen atoms in total. The van der Waals surface area contributed by atoms with E-state index in [0.29, 0.717) is 0 Å². The van der Waals surface area contributed by atoms with Gasteiger partial charge in [-0.3, -0.25) is 14.9 Å². The lowest BCUT2D eigenvalue weighted by Crippen LogP contribution is -2.34. The second kappa shape index (κ2) is 6.55. The second-order valence-electron chi connectivity index (χ2n) is 3.62. The summed E-state index contributed by atoms with van der Waals surface area (Å²) in [7, 11) is 0. The smallest absolute Gasteiger partial charge is 0.288 e. The summed E-state index contributed by atoms with van der Waals surface area (Å²) in [4.78, 5) is 25.5. The number of rotatable bonds is 5. The van der Waals surface area contributed by atoms with Gasteiger partial charge in [-0.2, -0.15) is 11.8 Å². The number of pyridine rings is 1. The maximum atomic E-state index is 11.9. The van der Waals surface area contributed by atoms with E-state index in [-0.39, 0.29) is 22.4 Å². The summed E-state index contributed by atoms with van der Waals surface area (Å²) in [5, 5.41) is 13.2. The molecule has 1 aromatic rings. The zero-order chi connectivity index (χ0) is 13.7. The Morgan fingerprint density at radius 2 is 2.39 bits per heavy atom. The molecule has 0 aliphatic carbocycles. The maximum Gasteiger partial charge on any atom is 0.288 e. The number of carbonyl (C=O) groups is 1. The highest BCUT2D eigenvalue weighted by Gasteiger charge is 2.18. The van der Waals surface area contributed by atoms with Crippen LogP contribution in [0.15, 0.2) is 12.3 Å². The molecule has 0 saturated carbocycles. The molecule has 0 aliphatic rings. The van der Waals surface area contributed by atoms with Crippen molar-refractivity contribution in [1.29, 1.82) is 0 Å². The van der Waals surface area contributed by atoms with Gasteiger partial charge in [-0.1, -0.05) is 11.6 Å². The fraction of sp³-hybridized carbons (Fsp3) is 0.400. The molecule has 1 aromatic heterocycles. The van der Waals surface area contributed by atoms with Crippen LogP contribution in [0, 0.1) is 10.1 Å². The van der Waals surface area contributed by atoms with Crippen molar-refractivity contribution in [3.63, 3.8) is 0 Å². The molecule has 0 aliphatic heterocycles. The Labute approximate surface area is 113 Å². The van der Waals surface area contributed by atoms with Crippen LogP contribution in [0.25, 0.3) is 0 Å². The Morgan fingerprint density at radius 3 is 2.94 bits per heavy atom. The van der Waals surface area contributed by atoms with Crippen LogP contribution in [0.5, 0.6) is 0 Å². The SMILES string of the molecule is CSCC(C)NC(=O)c1cc([N+](=O)[O-])cnc1Cl. The van der Waals surface area contributed by atoms with Crippen molar-refractivity contribution in [3.05, 3.63) is 33.1 Å². The average Bonchev–Trinajstić information content (AvgIpc) is 2.29. The summed E-state index contributed by atoms with van der Waals surface area (Å²) in [5.41, 5.74) is -0.249. The number of nitrogens with one attached hydrogen (secondary N) is 1. The summed E-state index contributed by atoms with van der Waals surface area (Å²) < 4.78 is 0. The molecule has 0 aromatic carbocycles. The number of hydrogen-bond acceptors (Lipinski definition) is 5. The number of nitrogens with zero attached hydrogens (tertiary/aromatic N) is 2. The quantitative estimate of drug-likeness (QED) is 0.510. The van der Waals surface area contributed by atoms with Crippen LogP contribution >= 0.6 is 23.4 Å². The van der Waals surface area contributed by atoms with E-state index in [2.05, 4.69) is 10.3 Å². The van der Waals surface area contributed by atoms with Crippen LogP contribution < -0.4 is 5.32 Å². The van der Waals surface area contributed by atoms with E-state index in [1.807, 2.05) is 13.2 Å². The van der Waals surface area contributed by atoms with Gasteiger partial charge in [0.05, 0.1) is 10.5 Å². The maximum absolute atomic E-state index is 11.9. The molecular formula is C10H12ClN3O3S. The van der Waals surface area contributed by atoms with Gasteiger partial charge in [0.1, 0.15) is 11.3 Å². The Bertz CT molecular complexity index is 470. The largest absolute Gasteiger partial charge is 0.349 e. The normalized spacial score (nSPS) is 11.9. The number of thioether (sulfide) groups is 1. The predicted molar refractivity (Wildman–Crippen MR) is 71.2 cm³/mol. The van der Waals surface area contributed by atoms with Gasteiger partial charge in [-0.15, -0.1) is 0 Å². The molecule has 0 bridgehead atoms. The molecule has 1 unspecified atom stereocenters. The first-order chi connectivity index (χ1) is 8.45. The van der Waals surface area contributed by atoms with Crippen LogP contribution in [0.4, 0.5) is 5.69 Å². The van der Waals surface area contributed by atoms with Crippen molar-refractivity contribution in [2.75, 3.05) is 12.0 Å². The Hall–Kier alpha value is -1.34.